The standard InChI is InChI=1S/C15H28N4/c1-12(2)11-19-14(17-18-15(19)10-16)9-13-7-5-3-4-6-8-13/h12-13H,3-11,16H2,1-2H3. The fraction of sp³-hybridized carbons (Fsp3) is 0.867. The van der Waals surface area contributed by atoms with Crippen LogP contribution in [-0.2, 0) is 19.5 Å². The van der Waals surface area contributed by atoms with Crippen molar-refractivity contribution in [2.45, 2.75) is 71.9 Å². The van der Waals surface area contributed by atoms with E-state index in [1.807, 2.05) is 0 Å². The Labute approximate surface area is 116 Å². The first-order valence-corrected chi connectivity index (χ1v) is 7.81. The lowest BCUT2D eigenvalue weighted by Crippen LogP contribution is -2.16. The molecule has 0 unspecified atom stereocenters. The van der Waals surface area contributed by atoms with Crippen molar-refractivity contribution in [2.24, 2.45) is 17.6 Å². The average Bonchev–Trinajstić information content (AvgIpc) is 2.60. The Hall–Kier alpha value is -0.900. The van der Waals surface area contributed by atoms with Crippen LogP contribution in [0.5, 0.6) is 0 Å². The van der Waals surface area contributed by atoms with Crippen molar-refractivity contribution in [3.63, 3.8) is 0 Å². The molecule has 19 heavy (non-hydrogen) atoms. The molecular weight excluding hydrogens is 236 g/mol. The zero-order valence-electron chi connectivity index (χ0n) is 12.4. The third-order valence-electron chi connectivity index (χ3n) is 4.08. The average molecular weight is 264 g/mol. The van der Waals surface area contributed by atoms with Crippen LogP contribution in [0, 0.1) is 11.8 Å². The number of hydrogen-bond donors (Lipinski definition) is 1. The molecule has 1 aromatic heterocycles. The molecule has 4 heteroatoms. The Morgan fingerprint density at radius 3 is 2.32 bits per heavy atom. The summed E-state index contributed by atoms with van der Waals surface area (Å²) < 4.78 is 2.26. The highest BCUT2D eigenvalue weighted by atomic mass is 15.3. The molecule has 0 radical (unpaired) electrons. The Bertz CT molecular complexity index is 375. The highest BCUT2D eigenvalue weighted by Crippen LogP contribution is 2.26. The van der Waals surface area contributed by atoms with Crippen LogP contribution in [0.3, 0.4) is 0 Å². The van der Waals surface area contributed by atoms with Gasteiger partial charge in [-0.15, -0.1) is 10.2 Å². The first-order chi connectivity index (χ1) is 9.20. The second kappa shape index (κ2) is 7.04. The Morgan fingerprint density at radius 2 is 1.74 bits per heavy atom. The van der Waals surface area contributed by atoms with E-state index >= 15 is 0 Å². The second-order valence-electron chi connectivity index (χ2n) is 6.30. The lowest BCUT2D eigenvalue weighted by molar-refractivity contribution is 0.422. The molecule has 0 aromatic carbocycles. The van der Waals surface area contributed by atoms with Gasteiger partial charge in [-0.1, -0.05) is 52.4 Å². The zero-order valence-corrected chi connectivity index (χ0v) is 12.4. The van der Waals surface area contributed by atoms with Gasteiger partial charge in [0.05, 0.1) is 6.54 Å². The van der Waals surface area contributed by atoms with Crippen LogP contribution >= 0.6 is 0 Å². The number of rotatable bonds is 5. The summed E-state index contributed by atoms with van der Waals surface area (Å²) in [6.07, 6.45) is 9.37. The quantitative estimate of drug-likeness (QED) is 0.832. The van der Waals surface area contributed by atoms with Crippen LogP contribution in [-0.4, -0.2) is 14.8 Å². The van der Waals surface area contributed by atoms with Crippen LogP contribution in [0.2, 0.25) is 0 Å². The molecule has 0 atom stereocenters. The summed E-state index contributed by atoms with van der Waals surface area (Å²) in [7, 11) is 0. The molecule has 0 spiro atoms. The maximum absolute atomic E-state index is 5.77. The predicted octanol–water partition coefficient (Wildman–Crippen LogP) is 2.91. The van der Waals surface area contributed by atoms with E-state index in [2.05, 4.69) is 28.6 Å². The minimum Gasteiger partial charge on any atom is -0.324 e. The molecule has 1 saturated carbocycles. The minimum absolute atomic E-state index is 0.490. The molecule has 0 saturated heterocycles. The smallest absolute Gasteiger partial charge is 0.146 e. The van der Waals surface area contributed by atoms with Gasteiger partial charge in [0.2, 0.25) is 0 Å². The third-order valence-corrected chi connectivity index (χ3v) is 4.08. The normalized spacial score (nSPS) is 17.9. The van der Waals surface area contributed by atoms with E-state index in [4.69, 9.17) is 5.73 Å². The monoisotopic (exact) mass is 264 g/mol. The summed E-state index contributed by atoms with van der Waals surface area (Å²) in [4.78, 5) is 0. The maximum Gasteiger partial charge on any atom is 0.146 e. The Morgan fingerprint density at radius 1 is 1.11 bits per heavy atom. The van der Waals surface area contributed by atoms with Crippen LogP contribution < -0.4 is 5.73 Å². The fourth-order valence-electron chi connectivity index (χ4n) is 3.08. The topological polar surface area (TPSA) is 56.7 Å². The molecule has 0 amide bonds. The van der Waals surface area contributed by atoms with Crippen LogP contribution in [0.15, 0.2) is 0 Å². The largest absolute Gasteiger partial charge is 0.324 e. The van der Waals surface area contributed by atoms with E-state index in [1.165, 1.54) is 38.5 Å². The molecule has 1 aliphatic rings. The predicted molar refractivity (Wildman–Crippen MR) is 77.6 cm³/mol. The van der Waals surface area contributed by atoms with Gasteiger partial charge in [-0.25, -0.2) is 0 Å². The number of nitrogens with two attached hydrogens (primary N) is 1. The minimum atomic E-state index is 0.490. The lowest BCUT2D eigenvalue weighted by Gasteiger charge is -2.16. The number of nitrogens with zero attached hydrogens (tertiary/aromatic N) is 3. The van der Waals surface area contributed by atoms with Crippen molar-refractivity contribution in [3.8, 4) is 0 Å². The summed E-state index contributed by atoms with van der Waals surface area (Å²) in [6, 6.07) is 0. The van der Waals surface area contributed by atoms with E-state index in [1.54, 1.807) is 0 Å². The van der Waals surface area contributed by atoms with Gasteiger partial charge in [-0.2, -0.15) is 0 Å². The first-order valence-electron chi connectivity index (χ1n) is 7.81. The van der Waals surface area contributed by atoms with Crippen molar-refractivity contribution in [1.82, 2.24) is 14.8 Å². The van der Waals surface area contributed by atoms with Gasteiger partial charge < -0.3 is 10.3 Å². The first kappa shape index (κ1) is 14.5. The highest BCUT2D eigenvalue weighted by Gasteiger charge is 2.18. The lowest BCUT2D eigenvalue weighted by atomic mass is 9.96. The summed E-state index contributed by atoms with van der Waals surface area (Å²) in [5, 5.41) is 8.66. The van der Waals surface area contributed by atoms with E-state index in [9.17, 15) is 0 Å². The molecule has 0 bridgehead atoms. The van der Waals surface area contributed by atoms with Crippen molar-refractivity contribution >= 4 is 0 Å². The molecule has 2 N–H and O–H groups in total. The van der Waals surface area contributed by atoms with E-state index in [0.717, 1.165) is 30.5 Å². The molecule has 1 heterocycles. The van der Waals surface area contributed by atoms with Crippen LogP contribution in [0.1, 0.15) is 64.0 Å². The molecular formula is C15H28N4. The molecule has 108 valence electrons. The van der Waals surface area contributed by atoms with Gasteiger partial charge in [0.15, 0.2) is 0 Å². The Kier molecular flexibility index (Phi) is 5.37. The SMILES string of the molecule is CC(C)Cn1c(CN)nnc1CC1CCCCCC1. The molecule has 1 aromatic rings. The van der Waals surface area contributed by atoms with Crippen molar-refractivity contribution in [2.75, 3.05) is 0 Å². The van der Waals surface area contributed by atoms with Crippen molar-refractivity contribution < 1.29 is 0 Å². The van der Waals surface area contributed by atoms with Gasteiger partial charge in [-0.05, 0) is 11.8 Å². The molecule has 2 rings (SSSR count). The van der Waals surface area contributed by atoms with Gasteiger partial charge in [0.1, 0.15) is 11.6 Å². The van der Waals surface area contributed by atoms with Gasteiger partial charge in [0.25, 0.3) is 0 Å². The van der Waals surface area contributed by atoms with Crippen molar-refractivity contribution in [3.05, 3.63) is 11.6 Å². The molecule has 1 aliphatic carbocycles. The van der Waals surface area contributed by atoms with Crippen LogP contribution in [0.4, 0.5) is 0 Å². The zero-order chi connectivity index (χ0) is 13.7. The third kappa shape index (κ3) is 4.03. The number of hydrogen-bond acceptors (Lipinski definition) is 3. The van der Waals surface area contributed by atoms with Gasteiger partial charge >= 0.3 is 0 Å². The summed E-state index contributed by atoms with van der Waals surface area (Å²) >= 11 is 0. The van der Waals surface area contributed by atoms with Gasteiger partial charge in [-0.3, -0.25) is 0 Å². The molecule has 0 aliphatic heterocycles. The fourth-order valence-corrected chi connectivity index (χ4v) is 3.08. The Balaban J connectivity index is 2.07. The summed E-state index contributed by atoms with van der Waals surface area (Å²) in [5.74, 6) is 3.50. The van der Waals surface area contributed by atoms with E-state index < -0.39 is 0 Å². The summed E-state index contributed by atoms with van der Waals surface area (Å²) in [5.41, 5.74) is 5.77. The summed E-state index contributed by atoms with van der Waals surface area (Å²) in [6.45, 7) is 5.94. The van der Waals surface area contributed by atoms with E-state index in [0.29, 0.717) is 12.5 Å². The second-order valence-corrected chi connectivity index (χ2v) is 6.30. The highest BCUT2D eigenvalue weighted by molar-refractivity contribution is 4.97. The van der Waals surface area contributed by atoms with E-state index in [-0.39, 0.29) is 0 Å². The van der Waals surface area contributed by atoms with Gasteiger partial charge in [0, 0.05) is 13.0 Å². The maximum atomic E-state index is 5.77. The van der Waals surface area contributed by atoms with Crippen molar-refractivity contribution in [1.29, 1.82) is 0 Å². The van der Waals surface area contributed by atoms with Crippen LogP contribution in [0.25, 0.3) is 0 Å². The molecule has 4 nitrogen and oxygen atoms in total. The number of aromatic nitrogens is 3. The molecule has 1 fully saturated rings.